The third kappa shape index (κ3) is 2.94. The van der Waals surface area contributed by atoms with Gasteiger partial charge in [-0.05, 0) is 12.1 Å². The van der Waals surface area contributed by atoms with Crippen LogP contribution in [0, 0.1) is 0 Å². The van der Waals surface area contributed by atoms with Crippen molar-refractivity contribution in [2.75, 3.05) is 11.1 Å². The van der Waals surface area contributed by atoms with E-state index in [0.717, 1.165) is 0 Å². The van der Waals surface area contributed by atoms with Gasteiger partial charge in [-0.25, -0.2) is 0 Å². The number of carbonyl (C=O) groups is 2. The number of esters is 1. The summed E-state index contributed by atoms with van der Waals surface area (Å²) < 4.78 is 6.57. The largest absolute Gasteiger partial charge is 0.426 e. The number of ether oxygens (including phenoxy) is 1. The fourth-order valence-electron chi connectivity index (χ4n) is 1.67. The number of amides is 1. The summed E-state index contributed by atoms with van der Waals surface area (Å²) in [4.78, 5) is 27.2. The molecule has 1 heterocycles. The van der Waals surface area contributed by atoms with Crippen molar-refractivity contribution < 1.29 is 14.3 Å². The average molecular weight is 274 g/mol. The number of nitrogens with two attached hydrogens (primary N) is 1. The number of rotatable bonds is 3. The minimum absolute atomic E-state index is 0.194. The van der Waals surface area contributed by atoms with Crippen LogP contribution in [0.15, 0.2) is 30.5 Å². The molecule has 20 heavy (non-hydrogen) atoms. The number of imidazole rings is 1. The molecule has 0 saturated heterocycles. The van der Waals surface area contributed by atoms with E-state index in [9.17, 15) is 9.59 Å². The standard InChI is InChI=1S/C13H14N4O3/c1-8(18)20-10-6-4-3-5-9(10)12(19)16-13-15-11(14)7-17(13)2/h3-7H,14H2,1-2H3,(H,15,16,19). The zero-order valence-corrected chi connectivity index (χ0v) is 11.1. The predicted molar refractivity (Wildman–Crippen MR) is 73.3 cm³/mol. The van der Waals surface area contributed by atoms with Crippen LogP contribution in [-0.2, 0) is 11.8 Å². The molecule has 0 unspecified atom stereocenters. The molecule has 0 radical (unpaired) electrons. The number of hydrogen-bond donors (Lipinski definition) is 2. The Bertz CT molecular complexity index is 663. The first-order chi connectivity index (χ1) is 9.47. The van der Waals surface area contributed by atoms with E-state index in [2.05, 4.69) is 10.3 Å². The van der Waals surface area contributed by atoms with Gasteiger partial charge in [0.1, 0.15) is 11.6 Å². The van der Waals surface area contributed by atoms with E-state index in [1.54, 1.807) is 42.1 Å². The van der Waals surface area contributed by atoms with Crippen LogP contribution in [0.4, 0.5) is 11.8 Å². The van der Waals surface area contributed by atoms with Gasteiger partial charge in [0.2, 0.25) is 5.95 Å². The molecule has 0 aliphatic rings. The Balaban J connectivity index is 2.25. The van der Waals surface area contributed by atoms with Crippen LogP contribution in [0.5, 0.6) is 5.75 Å². The van der Waals surface area contributed by atoms with Crippen molar-refractivity contribution >= 4 is 23.6 Å². The van der Waals surface area contributed by atoms with E-state index in [1.807, 2.05) is 0 Å². The van der Waals surface area contributed by atoms with E-state index in [-0.39, 0.29) is 11.3 Å². The second kappa shape index (κ2) is 5.43. The smallest absolute Gasteiger partial charge is 0.308 e. The number of aryl methyl sites for hydroxylation is 1. The lowest BCUT2D eigenvalue weighted by Crippen LogP contribution is -2.17. The lowest BCUT2D eigenvalue weighted by atomic mass is 10.2. The Morgan fingerprint density at radius 2 is 2.05 bits per heavy atom. The van der Waals surface area contributed by atoms with Gasteiger partial charge in [0.05, 0.1) is 5.56 Å². The maximum Gasteiger partial charge on any atom is 0.308 e. The van der Waals surface area contributed by atoms with Crippen molar-refractivity contribution in [1.29, 1.82) is 0 Å². The Morgan fingerprint density at radius 1 is 1.35 bits per heavy atom. The number of nitrogen functional groups attached to an aromatic ring is 1. The summed E-state index contributed by atoms with van der Waals surface area (Å²) in [5.74, 6) is -0.122. The van der Waals surface area contributed by atoms with Crippen molar-refractivity contribution in [2.24, 2.45) is 7.05 Å². The SMILES string of the molecule is CC(=O)Oc1ccccc1C(=O)Nc1nc(N)cn1C. The molecule has 0 fully saturated rings. The van der Waals surface area contributed by atoms with Gasteiger partial charge in [0.15, 0.2) is 0 Å². The molecule has 0 saturated carbocycles. The number of anilines is 2. The van der Waals surface area contributed by atoms with Crippen LogP contribution in [0.25, 0.3) is 0 Å². The van der Waals surface area contributed by atoms with Crippen LogP contribution < -0.4 is 15.8 Å². The van der Waals surface area contributed by atoms with Crippen LogP contribution in [0.1, 0.15) is 17.3 Å². The molecule has 104 valence electrons. The summed E-state index contributed by atoms with van der Waals surface area (Å²) >= 11 is 0. The van der Waals surface area contributed by atoms with Gasteiger partial charge in [-0.2, -0.15) is 4.98 Å². The molecule has 7 nitrogen and oxygen atoms in total. The van der Waals surface area contributed by atoms with Crippen molar-refractivity contribution in [1.82, 2.24) is 9.55 Å². The Labute approximate surface area is 115 Å². The predicted octanol–water partition coefficient (Wildman–Crippen LogP) is 1.18. The lowest BCUT2D eigenvalue weighted by molar-refractivity contribution is -0.131. The van der Waals surface area contributed by atoms with E-state index in [4.69, 9.17) is 10.5 Å². The van der Waals surface area contributed by atoms with Crippen LogP contribution in [-0.4, -0.2) is 21.4 Å². The van der Waals surface area contributed by atoms with Gasteiger partial charge in [-0.3, -0.25) is 14.9 Å². The number of para-hydroxylation sites is 1. The highest BCUT2D eigenvalue weighted by molar-refractivity contribution is 6.05. The molecule has 1 aromatic carbocycles. The van der Waals surface area contributed by atoms with Gasteiger partial charge in [-0.15, -0.1) is 0 Å². The van der Waals surface area contributed by atoms with E-state index < -0.39 is 11.9 Å². The number of hydrogen-bond acceptors (Lipinski definition) is 5. The lowest BCUT2D eigenvalue weighted by Gasteiger charge is -2.09. The molecule has 0 spiro atoms. The van der Waals surface area contributed by atoms with Gasteiger partial charge in [-0.1, -0.05) is 12.1 Å². The maximum atomic E-state index is 12.2. The number of nitrogens with zero attached hydrogens (tertiary/aromatic N) is 2. The maximum absolute atomic E-state index is 12.2. The first kappa shape index (κ1) is 13.6. The fraction of sp³-hybridized carbons (Fsp3) is 0.154. The number of benzene rings is 1. The highest BCUT2D eigenvalue weighted by atomic mass is 16.5. The molecule has 2 aromatic rings. The summed E-state index contributed by atoms with van der Waals surface area (Å²) in [6, 6.07) is 6.45. The molecule has 0 atom stereocenters. The summed E-state index contributed by atoms with van der Waals surface area (Å²) in [6.07, 6.45) is 1.58. The molecule has 3 N–H and O–H groups in total. The second-order valence-corrected chi connectivity index (χ2v) is 4.14. The number of aromatic nitrogens is 2. The second-order valence-electron chi connectivity index (χ2n) is 4.14. The Morgan fingerprint density at radius 3 is 2.65 bits per heavy atom. The zero-order valence-electron chi connectivity index (χ0n) is 11.1. The summed E-state index contributed by atoms with van der Waals surface area (Å²) in [7, 11) is 1.71. The highest BCUT2D eigenvalue weighted by Gasteiger charge is 2.15. The minimum atomic E-state index is -0.494. The molecule has 2 rings (SSSR count). The van der Waals surface area contributed by atoms with Crippen LogP contribution in [0.3, 0.4) is 0 Å². The van der Waals surface area contributed by atoms with Crippen LogP contribution in [0.2, 0.25) is 0 Å². The van der Waals surface area contributed by atoms with Crippen molar-refractivity contribution in [3.05, 3.63) is 36.0 Å². The molecule has 0 aliphatic heterocycles. The molecule has 7 heteroatoms. The highest BCUT2D eigenvalue weighted by Crippen LogP contribution is 2.19. The molecule has 0 bridgehead atoms. The molecular formula is C13H14N4O3. The van der Waals surface area contributed by atoms with Crippen molar-refractivity contribution in [3.8, 4) is 5.75 Å². The van der Waals surface area contributed by atoms with E-state index in [1.165, 1.54) is 6.92 Å². The minimum Gasteiger partial charge on any atom is -0.426 e. The fourth-order valence-corrected chi connectivity index (χ4v) is 1.67. The van der Waals surface area contributed by atoms with Crippen molar-refractivity contribution in [3.63, 3.8) is 0 Å². The quantitative estimate of drug-likeness (QED) is 0.646. The first-order valence-electron chi connectivity index (χ1n) is 5.85. The van der Waals surface area contributed by atoms with Gasteiger partial charge < -0.3 is 15.0 Å². The molecule has 0 aliphatic carbocycles. The van der Waals surface area contributed by atoms with Crippen LogP contribution >= 0.6 is 0 Å². The van der Waals surface area contributed by atoms with E-state index >= 15 is 0 Å². The Hall–Kier alpha value is -2.83. The topological polar surface area (TPSA) is 99.2 Å². The summed E-state index contributed by atoms with van der Waals surface area (Å²) in [5.41, 5.74) is 5.78. The van der Waals surface area contributed by atoms with Crippen molar-refractivity contribution in [2.45, 2.75) is 6.92 Å². The summed E-state index contributed by atoms with van der Waals surface area (Å²) in [5, 5.41) is 2.60. The first-order valence-corrected chi connectivity index (χ1v) is 5.85. The normalized spacial score (nSPS) is 10.1. The van der Waals surface area contributed by atoms with Gasteiger partial charge in [0, 0.05) is 20.2 Å². The number of nitrogens with one attached hydrogen (secondary N) is 1. The van der Waals surface area contributed by atoms with Gasteiger partial charge in [0.25, 0.3) is 5.91 Å². The summed E-state index contributed by atoms with van der Waals surface area (Å²) in [6.45, 7) is 1.27. The third-order valence-electron chi connectivity index (χ3n) is 2.51. The zero-order chi connectivity index (χ0) is 14.7. The molecular weight excluding hydrogens is 260 g/mol. The number of carbonyl (C=O) groups excluding carboxylic acids is 2. The monoisotopic (exact) mass is 274 g/mol. The third-order valence-corrected chi connectivity index (χ3v) is 2.51. The molecule has 1 amide bonds. The van der Waals surface area contributed by atoms with Gasteiger partial charge >= 0.3 is 5.97 Å². The molecule has 1 aromatic heterocycles. The average Bonchev–Trinajstić information content (AvgIpc) is 2.67. The van der Waals surface area contributed by atoms with E-state index in [0.29, 0.717) is 11.8 Å². The Kier molecular flexibility index (Phi) is 3.69.